The van der Waals surface area contributed by atoms with Crippen LogP contribution in [0.5, 0.6) is 0 Å². The highest BCUT2D eigenvalue weighted by Crippen LogP contribution is 2.31. The minimum Gasteiger partial charge on any atom is -0.480 e. The van der Waals surface area contributed by atoms with Gasteiger partial charge in [0, 0.05) is 17.8 Å². The number of aromatic nitrogens is 1. The molecular weight excluding hydrogens is 216 g/mol. The van der Waals surface area contributed by atoms with Crippen molar-refractivity contribution in [3.05, 3.63) is 29.0 Å². The number of pyridine rings is 1. The standard InChI is InChI=1S/C10H13ClN2O2/c1-10(2,8(12)9(14)15)6-3-4-13-5-7(6)11/h3-5,8H,12H2,1-2H3,(H,14,15). The minimum atomic E-state index is -1.05. The van der Waals surface area contributed by atoms with Crippen LogP contribution in [0.15, 0.2) is 18.5 Å². The van der Waals surface area contributed by atoms with Gasteiger partial charge < -0.3 is 10.8 Å². The molecule has 1 rings (SSSR count). The summed E-state index contributed by atoms with van der Waals surface area (Å²) in [6, 6.07) is 0.683. The Balaban J connectivity index is 3.16. The first-order valence-corrected chi connectivity index (χ1v) is 4.83. The molecule has 1 unspecified atom stereocenters. The molecule has 5 heteroatoms. The molecule has 1 heterocycles. The summed E-state index contributed by atoms with van der Waals surface area (Å²) in [5.74, 6) is -1.05. The van der Waals surface area contributed by atoms with E-state index in [2.05, 4.69) is 4.98 Å². The molecule has 0 spiro atoms. The van der Waals surface area contributed by atoms with Gasteiger partial charge in [0.2, 0.25) is 0 Å². The molecule has 15 heavy (non-hydrogen) atoms. The molecule has 0 fully saturated rings. The molecule has 4 nitrogen and oxygen atoms in total. The van der Waals surface area contributed by atoms with Gasteiger partial charge in [-0.15, -0.1) is 0 Å². The van der Waals surface area contributed by atoms with Crippen LogP contribution in [-0.2, 0) is 10.2 Å². The second-order valence-corrected chi connectivity index (χ2v) is 4.30. The number of halogens is 1. The van der Waals surface area contributed by atoms with Gasteiger partial charge in [-0.3, -0.25) is 9.78 Å². The van der Waals surface area contributed by atoms with Gasteiger partial charge in [-0.1, -0.05) is 25.4 Å². The number of aliphatic carboxylic acids is 1. The first-order chi connectivity index (χ1) is 6.87. The summed E-state index contributed by atoms with van der Waals surface area (Å²) < 4.78 is 0. The zero-order valence-electron chi connectivity index (χ0n) is 8.57. The lowest BCUT2D eigenvalue weighted by Crippen LogP contribution is -2.46. The van der Waals surface area contributed by atoms with E-state index in [0.29, 0.717) is 10.6 Å². The monoisotopic (exact) mass is 228 g/mol. The van der Waals surface area contributed by atoms with Crippen LogP contribution in [-0.4, -0.2) is 22.1 Å². The molecule has 0 aliphatic rings. The van der Waals surface area contributed by atoms with E-state index in [1.54, 1.807) is 26.1 Å². The lowest BCUT2D eigenvalue weighted by Gasteiger charge is -2.29. The number of carboxylic acids is 1. The molecule has 0 saturated carbocycles. The Labute approximate surface area is 93.1 Å². The maximum absolute atomic E-state index is 10.8. The van der Waals surface area contributed by atoms with Gasteiger partial charge in [-0.25, -0.2) is 0 Å². The highest BCUT2D eigenvalue weighted by molar-refractivity contribution is 6.31. The fraction of sp³-hybridized carbons (Fsp3) is 0.400. The molecule has 1 aromatic heterocycles. The first-order valence-electron chi connectivity index (χ1n) is 4.45. The van der Waals surface area contributed by atoms with Crippen molar-refractivity contribution in [2.45, 2.75) is 25.3 Å². The van der Waals surface area contributed by atoms with Crippen molar-refractivity contribution >= 4 is 17.6 Å². The third-order valence-electron chi connectivity index (χ3n) is 2.51. The Morgan fingerprint density at radius 2 is 2.27 bits per heavy atom. The van der Waals surface area contributed by atoms with Crippen molar-refractivity contribution < 1.29 is 9.90 Å². The quantitative estimate of drug-likeness (QED) is 0.821. The van der Waals surface area contributed by atoms with Gasteiger partial charge in [0.05, 0.1) is 5.02 Å². The molecule has 3 N–H and O–H groups in total. The summed E-state index contributed by atoms with van der Waals surface area (Å²) in [4.78, 5) is 14.7. The molecule has 1 atom stereocenters. The van der Waals surface area contributed by atoms with Crippen LogP contribution >= 0.6 is 11.6 Å². The smallest absolute Gasteiger partial charge is 0.321 e. The number of carbonyl (C=O) groups is 1. The lowest BCUT2D eigenvalue weighted by molar-refractivity contribution is -0.140. The number of nitrogens with two attached hydrogens (primary N) is 1. The Morgan fingerprint density at radius 3 is 2.73 bits per heavy atom. The van der Waals surface area contributed by atoms with Crippen molar-refractivity contribution in [2.24, 2.45) is 5.73 Å². The third-order valence-corrected chi connectivity index (χ3v) is 2.81. The molecule has 0 aliphatic carbocycles. The van der Waals surface area contributed by atoms with E-state index < -0.39 is 17.4 Å². The Morgan fingerprint density at radius 1 is 1.67 bits per heavy atom. The molecule has 0 radical (unpaired) electrons. The summed E-state index contributed by atoms with van der Waals surface area (Å²) in [7, 11) is 0. The van der Waals surface area contributed by atoms with Gasteiger partial charge in [0.1, 0.15) is 6.04 Å². The van der Waals surface area contributed by atoms with Crippen LogP contribution in [0.1, 0.15) is 19.4 Å². The van der Waals surface area contributed by atoms with E-state index in [-0.39, 0.29) is 0 Å². The minimum absolute atomic E-state index is 0.430. The molecule has 0 aromatic carbocycles. The average Bonchev–Trinajstić information content (AvgIpc) is 2.16. The Bertz CT molecular complexity index is 379. The molecule has 0 aliphatic heterocycles. The summed E-state index contributed by atoms with van der Waals surface area (Å²) >= 11 is 5.95. The van der Waals surface area contributed by atoms with Crippen molar-refractivity contribution in [1.29, 1.82) is 0 Å². The van der Waals surface area contributed by atoms with Crippen molar-refractivity contribution in [2.75, 3.05) is 0 Å². The second kappa shape index (κ2) is 4.16. The summed E-state index contributed by atoms with van der Waals surface area (Å²) in [5.41, 5.74) is 5.58. The maximum atomic E-state index is 10.8. The van der Waals surface area contributed by atoms with Gasteiger partial charge >= 0.3 is 5.97 Å². The predicted molar refractivity (Wildman–Crippen MR) is 57.9 cm³/mol. The molecule has 82 valence electrons. The van der Waals surface area contributed by atoms with Crippen molar-refractivity contribution in [3.8, 4) is 0 Å². The highest BCUT2D eigenvalue weighted by atomic mass is 35.5. The summed E-state index contributed by atoms with van der Waals surface area (Å²) in [5, 5.41) is 9.32. The topological polar surface area (TPSA) is 76.2 Å². The van der Waals surface area contributed by atoms with Crippen LogP contribution in [0.2, 0.25) is 5.02 Å². The number of nitrogens with zero attached hydrogens (tertiary/aromatic N) is 1. The third kappa shape index (κ3) is 2.27. The average molecular weight is 229 g/mol. The zero-order valence-corrected chi connectivity index (χ0v) is 9.32. The van der Waals surface area contributed by atoms with Crippen LogP contribution in [0.3, 0.4) is 0 Å². The lowest BCUT2D eigenvalue weighted by atomic mass is 9.78. The van der Waals surface area contributed by atoms with E-state index in [1.807, 2.05) is 0 Å². The van der Waals surface area contributed by atoms with E-state index in [0.717, 1.165) is 0 Å². The van der Waals surface area contributed by atoms with E-state index in [4.69, 9.17) is 22.4 Å². The first kappa shape index (κ1) is 11.9. The van der Waals surface area contributed by atoms with Crippen LogP contribution in [0.25, 0.3) is 0 Å². The number of carboxylic acid groups (broad SMARTS) is 1. The molecule has 0 bridgehead atoms. The summed E-state index contributed by atoms with van der Waals surface area (Å²) in [6.07, 6.45) is 3.05. The van der Waals surface area contributed by atoms with Crippen molar-refractivity contribution in [1.82, 2.24) is 4.98 Å². The van der Waals surface area contributed by atoms with E-state index in [1.165, 1.54) is 6.20 Å². The molecule has 0 saturated heterocycles. The maximum Gasteiger partial charge on any atom is 0.321 e. The van der Waals surface area contributed by atoms with Crippen LogP contribution in [0, 0.1) is 0 Å². The van der Waals surface area contributed by atoms with E-state index >= 15 is 0 Å². The molecule has 0 amide bonds. The largest absolute Gasteiger partial charge is 0.480 e. The van der Waals surface area contributed by atoms with E-state index in [9.17, 15) is 4.79 Å². The number of hydrogen-bond donors (Lipinski definition) is 2. The fourth-order valence-electron chi connectivity index (χ4n) is 1.37. The zero-order chi connectivity index (χ0) is 11.6. The second-order valence-electron chi connectivity index (χ2n) is 3.89. The SMILES string of the molecule is CC(C)(c1ccncc1Cl)C(N)C(=O)O. The number of rotatable bonds is 3. The molecule has 1 aromatic rings. The van der Waals surface area contributed by atoms with Crippen LogP contribution < -0.4 is 5.73 Å². The van der Waals surface area contributed by atoms with Gasteiger partial charge in [-0.2, -0.15) is 0 Å². The normalized spacial score (nSPS) is 13.6. The van der Waals surface area contributed by atoms with Crippen molar-refractivity contribution in [3.63, 3.8) is 0 Å². The van der Waals surface area contributed by atoms with Gasteiger partial charge in [-0.05, 0) is 11.6 Å². The van der Waals surface area contributed by atoms with Gasteiger partial charge in [0.25, 0.3) is 0 Å². The van der Waals surface area contributed by atoms with Gasteiger partial charge in [0.15, 0.2) is 0 Å². The fourth-order valence-corrected chi connectivity index (χ4v) is 1.74. The number of hydrogen-bond acceptors (Lipinski definition) is 3. The molecular formula is C10H13ClN2O2. The summed E-state index contributed by atoms with van der Waals surface area (Å²) in [6.45, 7) is 3.49. The van der Waals surface area contributed by atoms with Crippen LogP contribution in [0.4, 0.5) is 0 Å². The Kier molecular flexibility index (Phi) is 3.31. The Hall–Kier alpha value is -1.13. The highest BCUT2D eigenvalue weighted by Gasteiger charge is 2.35. The predicted octanol–water partition coefficient (Wildman–Crippen LogP) is 1.42.